The summed E-state index contributed by atoms with van der Waals surface area (Å²) in [6.45, 7) is 9.34. The molecule has 174 valence electrons. The van der Waals surface area contributed by atoms with Crippen LogP contribution in [0.15, 0.2) is 36.6 Å². The van der Waals surface area contributed by atoms with Gasteiger partial charge in [0.2, 0.25) is 11.5 Å². The van der Waals surface area contributed by atoms with Gasteiger partial charge in [-0.05, 0) is 65.2 Å². The van der Waals surface area contributed by atoms with E-state index in [0.29, 0.717) is 0 Å². The number of rotatable bonds is 6. The number of nitrogens with one attached hydrogen (secondary N) is 1. The number of amides is 1. The molecule has 0 saturated heterocycles. The van der Waals surface area contributed by atoms with Gasteiger partial charge in [-0.1, -0.05) is 19.0 Å². The lowest BCUT2D eigenvalue weighted by atomic mass is 10.2. The first-order valence-corrected chi connectivity index (χ1v) is 10.4. The third-order valence-electron chi connectivity index (χ3n) is 3.45. The molecule has 0 aliphatic carbocycles. The molecule has 32 heavy (non-hydrogen) atoms. The van der Waals surface area contributed by atoms with Crippen LogP contribution in [0.25, 0.3) is 17.2 Å². The number of carbonyl (C=O) groups is 1. The minimum atomic E-state index is -0.830. The maximum Gasteiger partial charge on any atom is 0.446 e. The van der Waals surface area contributed by atoms with E-state index in [2.05, 4.69) is 41.3 Å². The molecule has 11 nitrogen and oxygen atoms in total. The van der Waals surface area contributed by atoms with Crippen LogP contribution in [0.5, 0.6) is 5.88 Å². The zero-order valence-electron chi connectivity index (χ0n) is 18.1. The normalized spacial score (nSPS) is 10.8. The summed E-state index contributed by atoms with van der Waals surface area (Å²) < 4.78 is 34.7. The molecule has 2 aromatic heterocycles. The predicted molar refractivity (Wildman–Crippen MR) is 114 cm³/mol. The number of carbonyl (C=O) groups excluding carboxylic acids is 1. The van der Waals surface area contributed by atoms with Crippen molar-refractivity contribution >= 4 is 22.0 Å². The van der Waals surface area contributed by atoms with E-state index in [-0.39, 0.29) is 40.7 Å². The van der Waals surface area contributed by atoms with Crippen molar-refractivity contribution in [3.05, 3.63) is 39.0 Å². The van der Waals surface area contributed by atoms with Crippen molar-refractivity contribution in [3.8, 4) is 23.1 Å². The highest BCUT2D eigenvalue weighted by atomic mass is 79.9. The molecule has 0 bridgehead atoms. The van der Waals surface area contributed by atoms with Crippen molar-refractivity contribution in [3.63, 3.8) is 0 Å². The van der Waals surface area contributed by atoms with Crippen LogP contribution in [0.3, 0.4) is 0 Å². The molecule has 3 aromatic rings. The number of ether oxygens (including phenoxy) is 2. The Morgan fingerprint density at radius 3 is 2.62 bits per heavy atom. The molecule has 0 unspecified atom stereocenters. The summed E-state index contributed by atoms with van der Waals surface area (Å²) in [5.74, 6) is -1.47. The van der Waals surface area contributed by atoms with Crippen LogP contribution >= 0.6 is 15.9 Å². The lowest BCUT2D eigenvalue weighted by molar-refractivity contribution is 0.0519. The predicted octanol–water partition coefficient (Wildman–Crippen LogP) is 3.71. The van der Waals surface area contributed by atoms with E-state index in [1.807, 2.05) is 13.8 Å². The Balaban J connectivity index is 0.00000176. The van der Waals surface area contributed by atoms with Crippen LogP contribution in [0.4, 0.5) is 9.18 Å². The van der Waals surface area contributed by atoms with E-state index >= 15 is 0 Å². The standard InChI is InChI=1S/C17H17BrFN5O6.C2H6/c1-17(2,3)28-15(25)20-6-7-27-14-12(21-30-23-14)13-22-29-16(26)24(13)9-4-5-11(19)10(18)8-9;1-2/h4-5,8H,6-7H2,1-3H3,(H,20,25);1-2H3. The molecular formula is C19H23BrFN5O6. The monoisotopic (exact) mass is 515 g/mol. The summed E-state index contributed by atoms with van der Waals surface area (Å²) >= 11 is 3.06. The molecule has 0 aliphatic rings. The minimum Gasteiger partial charge on any atom is -0.472 e. The van der Waals surface area contributed by atoms with Crippen molar-refractivity contribution in [2.45, 2.75) is 40.2 Å². The Morgan fingerprint density at radius 2 is 1.97 bits per heavy atom. The van der Waals surface area contributed by atoms with Gasteiger partial charge in [0.05, 0.1) is 16.7 Å². The van der Waals surface area contributed by atoms with Gasteiger partial charge < -0.3 is 14.8 Å². The van der Waals surface area contributed by atoms with Crippen LogP contribution in [-0.2, 0) is 4.74 Å². The average molecular weight is 516 g/mol. The van der Waals surface area contributed by atoms with E-state index in [1.54, 1.807) is 20.8 Å². The van der Waals surface area contributed by atoms with Gasteiger partial charge in [-0.25, -0.2) is 23.2 Å². The Hall–Kier alpha value is -3.22. The molecule has 1 N–H and O–H groups in total. The Labute approximate surface area is 191 Å². The van der Waals surface area contributed by atoms with Crippen molar-refractivity contribution in [2.24, 2.45) is 0 Å². The number of halogens is 2. The van der Waals surface area contributed by atoms with Gasteiger partial charge in [0.25, 0.3) is 5.88 Å². The summed E-state index contributed by atoms with van der Waals surface area (Å²) in [4.78, 5) is 23.8. The van der Waals surface area contributed by atoms with Gasteiger partial charge in [0, 0.05) is 0 Å². The zero-order chi connectivity index (χ0) is 23.9. The van der Waals surface area contributed by atoms with E-state index in [4.69, 9.17) is 14.0 Å². The van der Waals surface area contributed by atoms with Gasteiger partial charge in [-0.15, -0.1) is 0 Å². The number of aromatic nitrogens is 4. The molecule has 0 fully saturated rings. The van der Waals surface area contributed by atoms with Crippen molar-refractivity contribution in [2.75, 3.05) is 13.2 Å². The summed E-state index contributed by atoms with van der Waals surface area (Å²) in [6, 6.07) is 3.90. The summed E-state index contributed by atoms with van der Waals surface area (Å²) in [6.07, 6.45) is -0.600. The molecule has 0 radical (unpaired) electrons. The highest BCUT2D eigenvalue weighted by molar-refractivity contribution is 9.10. The lowest BCUT2D eigenvalue weighted by Crippen LogP contribution is -2.34. The van der Waals surface area contributed by atoms with Gasteiger partial charge in [0.15, 0.2) is 0 Å². The maximum absolute atomic E-state index is 13.5. The number of alkyl carbamates (subject to hydrolysis) is 1. The highest BCUT2D eigenvalue weighted by Gasteiger charge is 2.24. The summed E-state index contributed by atoms with van der Waals surface area (Å²) in [5, 5.41) is 13.5. The van der Waals surface area contributed by atoms with Crippen LogP contribution in [0, 0.1) is 5.82 Å². The van der Waals surface area contributed by atoms with Gasteiger partial charge in [-0.2, -0.15) is 0 Å². The van der Waals surface area contributed by atoms with Crippen molar-refractivity contribution in [1.82, 2.24) is 25.4 Å². The van der Waals surface area contributed by atoms with Gasteiger partial charge >= 0.3 is 11.8 Å². The van der Waals surface area contributed by atoms with Crippen molar-refractivity contribution < 1.29 is 27.8 Å². The number of hydrogen-bond donors (Lipinski definition) is 1. The first-order valence-electron chi connectivity index (χ1n) is 9.62. The second kappa shape index (κ2) is 10.9. The molecule has 0 saturated carbocycles. The third-order valence-corrected chi connectivity index (χ3v) is 4.05. The molecule has 2 heterocycles. The lowest BCUT2D eigenvalue weighted by Gasteiger charge is -2.19. The Bertz CT molecular complexity index is 1100. The van der Waals surface area contributed by atoms with Crippen LogP contribution in [0.2, 0.25) is 0 Å². The molecule has 1 aromatic carbocycles. The fourth-order valence-electron chi connectivity index (χ4n) is 2.28. The third kappa shape index (κ3) is 6.39. The van der Waals surface area contributed by atoms with Gasteiger partial charge in [0.1, 0.15) is 18.0 Å². The first-order chi connectivity index (χ1) is 15.2. The maximum atomic E-state index is 13.5. The molecular weight excluding hydrogens is 493 g/mol. The van der Waals surface area contributed by atoms with E-state index in [1.165, 1.54) is 18.2 Å². The Kier molecular flexibility index (Phi) is 8.52. The summed E-state index contributed by atoms with van der Waals surface area (Å²) in [5.41, 5.74) is -0.372. The SMILES string of the molecule is CC.CC(C)(C)OC(=O)NCCOc1nonc1-c1noc(=O)n1-c1ccc(F)c(Br)c1. The van der Waals surface area contributed by atoms with Crippen molar-refractivity contribution in [1.29, 1.82) is 0 Å². The summed E-state index contributed by atoms with van der Waals surface area (Å²) in [7, 11) is 0. The first kappa shape index (κ1) is 25.0. The topological polar surface area (TPSA) is 135 Å². The highest BCUT2D eigenvalue weighted by Crippen LogP contribution is 2.27. The van der Waals surface area contributed by atoms with E-state index in [9.17, 15) is 14.0 Å². The fraction of sp³-hybridized carbons (Fsp3) is 0.421. The van der Waals surface area contributed by atoms with Crippen LogP contribution < -0.4 is 15.8 Å². The molecule has 3 rings (SSSR count). The molecule has 0 aliphatic heterocycles. The number of nitrogens with zero attached hydrogens (tertiary/aromatic N) is 4. The molecule has 0 atom stereocenters. The van der Waals surface area contributed by atoms with E-state index in [0.717, 1.165) is 4.57 Å². The molecule has 0 spiro atoms. The zero-order valence-corrected chi connectivity index (χ0v) is 19.7. The second-order valence-electron chi connectivity index (χ2n) is 6.90. The van der Waals surface area contributed by atoms with Gasteiger partial charge in [-0.3, -0.25) is 4.52 Å². The van der Waals surface area contributed by atoms with Crippen LogP contribution in [0.1, 0.15) is 34.6 Å². The molecule has 13 heteroatoms. The number of benzene rings is 1. The van der Waals surface area contributed by atoms with Crippen LogP contribution in [-0.4, -0.2) is 44.9 Å². The largest absolute Gasteiger partial charge is 0.472 e. The average Bonchev–Trinajstić information content (AvgIpc) is 3.34. The smallest absolute Gasteiger partial charge is 0.446 e. The second-order valence-corrected chi connectivity index (χ2v) is 7.76. The quantitative estimate of drug-likeness (QED) is 0.487. The van der Waals surface area contributed by atoms with E-state index < -0.39 is 23.3 Å². The number of hydrogen-bond acceptors (Lipinski definition) is 9. The minimum absolute atomic E-state index is 0.00460. The Morgan fingerprint density at radius 1 is 1.25 bits per heavy atom. The fourth-order valence-corrected chi connectivity index (χ4v) is 2.64. The molecule has 1 amide bonds.